The summed E-state index contributed by atoms with van der Waals surface area (Å²) in [6.45, 7) is 15.5. The molecule has 0 bridgehead atoms. The average molecular weight is 747 g/mol. The Bertz CT molecular complexity index is 3200. The van der Waals surface area contributed by atoms with E-state index in [0.29, 0.717) is 11.4 Å². The normalized spacial score (nSPS) is 15.4. The molecule has 0 fully saturated rings. The second-order valence-corrected chi connectivity index (χ2v) is 15.4. The average Bonchev–Trinajstić information content (AvgIpc) is 3.74. The number of hydrogen-bond donors (Lipinski definition) is 0. The number of para-hydroxylation sites is 3. The van der Waals surface area contributed by atoms with Gasteiger partial charge in [-0.05, 0) is 89.1 Å². The van der Waals surface area contributed by atoms with Gasteiger partial charge in [0.05, 0.1) is 64.2 Å². The maximum atomic E-state index is 7.73. The molecule has 0 saturated carbocycles. The Labute approximate surface area is 331 Å². The van der Waals surface area contributed by atoms with E-state index in [-0.39, 0.29) is 0 Å². The molecule has 2 aliphatic heterocycles. The van der Waals surface area contributed by atoms with Gasteiger partial charge < -0.3 is 14.2 Å². The van der Waals surface area contributed by atoms with Gasteiger partial charge in [-0.1, -0.05) is 78.5 Å². The zero-order valence-electron chi connectivity index (χ0n) is 30.0. The maximum Gasteiger partial charge on any atom is 0.188 e. The van der Waals surface area contributed by atoms with Gasteiger partial charge in [0, 0.05) is 44.4 Å². The first-order chi connectivity index (χ1) is 28.1. The molecular formula is C49H26N6OS. The molecule has 0 saturated heterocycles. The van der Waals surface area contributed by atoms with E-state index in [4.69, 9.17) is 27.8 Å². The van der Waals surface area contributed by atoms with Crippen LogP contribution >= 0.6 is 11.8 Å². The van der Waals surface area contributed by atoms with Crippen LogP contribution in [0.3, 0.4) is 0 Å². The molecule has 264 valence electrons. The monoisotopic (exact) mass is 746 g/mol. The molecule has 3 aliphatic rings. The Balaban J connectivity index is 1.13. The lowest BCUT2D eigenvalue weighted by molar-refractivity contribution is 0.436. The number of anilines is 3. The zero-order chi connectivity index (χ0) is 37.8. The molecule has 7 nitrogen and oxygen atoms in total. The quantitative estimate of drug-likeness (QED) is 0.165. The highest BCUT2D eigenvalue weighted by Gasteiger charge is 2.52. The van der Waals surface area contributed by atoms with Crippen LogP contribution in [0.2, 0.25) is 0 Å². The molecule has 1 spiro atoms. The molecule has 57 heavy (non-hydrogen) atoms. The van der Waals surface area contributed by atoms with Gasteiger partial charge in [0.25, 0.3) is 0 Å². The summed E-state index contributed by atoms with van der Waals surface area (Å²) in [4.78, 5) is 22.4. The fourth-order valence-electron chi connectivity index (χ4n) is 9.25. The predicted octanol–water partition coefficient (Wildman–Crippen LogP) is 13.1. The first-order valence-corrected chi connectivity index (χ1v) is 19.4. The summed E-state index contributed by atoms with van der Waals surface area (Å²) in [7, 11) is 0. The lowest BCUT2D eigenvalue weighted by Crippen LogP contribution is -2.32. The molecule has 8 heteroatoms. The Kier molecular flexibility index (Phi) is 6.49. The third kappa shape index (κ3) is 4.25. The standard InChI is InChI=1S/C49H26N6OS/c1-50-29-17-21-39-33(24-29)34-25-30(51-2)18-22-40(34)55(39)32-26-38-48(53-28-32)47-37(11-9-23-52-47)49(38)35-10-3-6-14-43(35)56-44-27-31(19-20-36(44)49)54-41-12-4-7-15-45(41)57-46-16-8-5-13-42(46)54/h3-28H. The van der Waals surface area contributed by atoms with Crippen molar-refractivity contribution < 1.29 is 4.74 Å². The molecule has 9 aromatic rings. The van der Waals surface area contributed by atoms with E-state index in [9.17, 15) is 0 Å². The topological polar surface area (TPSA) is 51.9 Å². The van der Waals surface area contributed by atoms with Gasteiger partial charge in [0.1, 0.15) is 11.5 Å². The smallest absolute Gasteiger partial charge is 0.188 e. The highest BCUT2D eigenvalue weighted by Crippen LogP contribution is 2.62. The molecule has 1 atom stereocenters. The minimum atomic E-state index is -0.800. The molecule has 1 aliphatic carbocycles. The highest BCUT2D eigenvalue weighted by atomic mass is 32.2. The van der Waals surface area contributed by atoms with Gasteiger partial charge in [-0.25, -0.2) is 9.69 Å². The maximum absolute atomic E-state index is 7.73. The molecule has 5 heterocycles. The van der Waals surface area contributed by atoms with Crippen molar-refractivity contribution in [3.05, 3.63) is 203 Å². The van der Waals surface area contributed by atoms with Crippen LogP contribution in [0.4, 0.5) is 28.4 Å². The fraction of sp³-hybridized carbons (Fsp3) is 0.0204. The summed E-state index contributed by atoms with van der Waals surface area (Å²) in [5.41, 5.74) is 12.0. The molecule has 3 aromatic heterocycles. The van der Waals surface area contributed by atoms with Crippen LogP contribution in [-0.4, -0.2) is 14.5 Å². The van der Waals surface area contributed by atoms with E-state index < -0.39 is 5.41 Å². The number of pyridine rings is 2. The summed E-state index contributed by atoms with van der Waals surface area (Å²) in [6, 6.07) is 50.0. The van der Waals surface area contributed by atoms with E-state index >= 15 is 0 Å². The van der Waals surface area contributed by atoms with Gasteiger partial charge >= 0.3 is 0 Å². The molecule has 0 N–H and O–H groups in total. The van der Waals surface area contributed by atoms with Crippen LogP contribution in [0.15, 0.2) is 168 Å². The zero-order valence-corrected chi connectivity index (χ0v) is 30.8. The number of aromatic nitrogens is 3. The summed E-state index contributed by atoms with van der Waals surface area (Å²) >= 11 is 1.79. The Morgan fingerprint density at radius 2 is 1.18 bits per heavy atom. The van der Waals surface area contributed by atoms with Crippen LogP contribution in [0, 0.1) is 13.1 Å². The summed E-state index contributed by atoms with van der Waals surface area (Å²) < 4.78 is 9.13. The van der Waals surface area contributed by atoms with Crippen molar-refractivity contribution in [2.24, 2.45) is 0 Å². The number of nitrogens with zero attached hydrogens (tertiary/aromatic N) is 6. The largest absolute Gasteiger partial charge is 0.457 e. The number of hydrogen-bond acceptors (Lipinski definition) is 5. The van der Waals surface area contributed by atoms with Crippen LogP contribution in [0.25, 0.3) is 48.6 Å². The summed E-state index contributed by atoms with van der Waals surface area (Å²) in [5, 5.41) is 1.83. The van der Waals surface area contributed by atoms with Crippen molar-refractivity contribution in [2.75, 3.05) is 4.90 Å². The summed E-state index contributed by atoms with van der Waals surface area (Å²) in [6.07, 6.45) is 3.76. The van der Waals surface area contributed by atoms with E-state index in [1.54, 1.807) is 11.8 Å². The van der Waals surface area contributed by atoms with Gasteiger partial charge in [-0.2, -0.15) is 0 Å². The lowest BCUT2D eigenvalue weighted by Gasteiger charge is -2.40. The van der Waals surface area contributed by atoms with E-state index in [1.807, 2.05) is 60.9 Å². The van der Waals surface area contributed by atoms with E-state index in [0.717, 1.165) is 89.7 Å². The number of fused-ring (bicyclic) bond motifs is 14. The van der Waals surface area contributed by atoms with E-state index in [2.05, 4.69) is 116 Å². The van der Waals surface area contributed by atoms with Gasteiger partial charge in [-0.15, -0.1) is 0 Å². The third-order valence-electron chi connectivity index (χ3n) is 11.5. The summed E-state index contributed by atoms with van der Waals surface area (Å²) in [5.74, 6) is 1.54. The minimum absolute atomic E-state index is 0.549. The van der Waals surface area contributed by atoms with Crippen molar-refractivity contribution in [3.63, 3.8) is 0 Å². The van der Waals surface area contributed by atoms with E-state index in [1.165, 1.54) is 9.79 Å². The van der Waals surface area contributed by atoms with Crippen molar-refractivity contribution in [1.29, 1.82) is 0 Å². The molecule has 6 aromatic carbocycles. The number of benzene rings is 6. The van der Waals surface area contributed by atoms with Crippen LogP contribution in [0.5, 0.6) is 11.5 Å². The molecular weight excluding hydrogens is 721 g/mol. The second kappa shape index (κ2) is 11.7. The Morgan fingerprint density at radius 3 is 1.89 bits per heavy atom. The Morgan fingerprint density at radius 1 is 0.544 bits per heavy atom. The third-order valence-corrected chi connectivity index (χ3v) is 12.7. The second-order valence-electron chi connectivity index (χ2n) is 14.4. The van der Waals surface area contributed by atoms with Crippen LogP contribution < -0.4 is 9.64 Å². The fourth-order valence-corrected chi connectivity index (χ4v) is 10.3. The van der Waals surface area contributed by atoms with Gasteiger partial charge in [0.2, 0.25) is 0 Å². The molecule has 1 unspecified atom stereocenters. The first-order valence-electron chi connectivity index (χ1n) is 18.5. The van der Waals surface area contributed by atoms with Crippen molar-refractivity contribution in [1.82, 2.24) is 14.5 Å². The highest BCUT2D eigenvalue weighted by molar-refractivity contribution is 7.99. The molecule has 12 rings (SSSR count). The van der Waals surface area contributed by atoms with Gasteiger partial charge in [-0.3, -0.25) is 9.97 Å². The minimum Gasteiger partial charge on any atom is -0.457 e. The first kappa shape index (κ1) is 31.7. The molecule has 0 amide bonds. The van der Waals surface area contributed by atoms with Crippen LogP contribution in [0.1, 0.15) is 22.3 Å². The Hall–Kier alpha value is -7.65. The lowest BCUT2D eigenvalue weighted by atomic mass is 9.66. The number of ether oxygens (including phenoxy) is 1. The van der Waals surface area contributed by atoms with Crippen LogP contribution in [-0.2, 0) is 5.41 Å². The van der Waals surface area contributed by atoms with Crippen molar-refractivity contribution in [2.45, 2.75) is 15.2 Å². The SMILES string of the molecule is [C-]#[N+]c1ccc2c(c1)c1cc([N+]#[C-])ccc1n2-c1cnc2c(c1)C1(c3ccccc3Oc3cc(N4c5ccccc5Sc5ccccc54)ccc31)c1cccnc1-2. The van der Waals surface area contributed by atoms with Crippen molar-refractivity contribution >= 4 is 62.0 Å². The van der Waals surface area contributed by atoms with Gasteiger partial charge in [0.15, 0.2) is 11.4 Å². The number of rotatable bonds is 2. The molecule has 0 radical (unpaired) electrons. The van der Waals surface area contributed by atoms with Crippen molar-refractivity contribution in [3.8, 4) is 28.6 Å². The predicted molar refractivity (Wildman–Crippen MR) is 225 cm³/mol.